The van der Waals surface area contributed by atoms with Crippen LogP contribution in [0.4, 0.5) is 0 Å². The molecule has 0 saturated heterocycles. The number of hydrogen-bond acceptors (Lipinski definition) is 4. The normalized spacial score (nSPS) is 11.4. The average molecular weight is 887 g/mol. The molecule has 2 aromatic heterocycles. The monoisotopic (exact) mass is 887 g/mol. The lowest BCUT2D eigenvalue weighted by Gasteiger charge is -2.24. The van der Waals surface area contributed by atoms with E-state index in [0.29, 0.717) is 11.1 Å². The van der Waals surface area contributed by atoms with Gasteiger partial charge in [0, 0.05) is 48.1 Å². The summed E-state index contributed by atoms with van der Waals surface area (Å²) < 4.78 is 0. The van der Waals surface area contributed by atoms with Crippen LogP contribution in [0.2, 0.25) is 0 Å². The lowest BCUT2D eigenvalue weighted by Crippen LogP contribution is -2.33. The molecule has 0 radical (unpaired) electrons. The average Bonchev–Trinajstić information content (AvgIpc) is 3.36. The summed E-state index contributed by atoms with van der Waals surface area (Å²) in [6, 6.07) is 37.2. The predicted molar refractivity (Wildman–Crippen MR) is 280 cm³/mol. The fraction of sp³-hybridized carbons (Fsp3) is 0.467. The van der Waals surface area contributed by atoms with Crippen LogP contribution < -0.4 is 0 Å². The Morgan fingerprint density at radius 2 is 0.682 bits per heavy atom. The summed E-state index contributed by atoms with van der Waals surface area (Å²) >= 11 is 0. The van der Waals surface area contributed by atoms with Crippen LogP contribution in [0.15, 0.2) is 109 Å². The quantitative estimate of drug-likeness (QED) is 0.0440. The van der Waals surface area contributed by atoms with Crippen LogP contribution >= 0.6 is 0 Å². The number of carbonyl (C=O) groups excluding carboxylic acids is 2. The van der Waals surface area contributed by atoms with Gasteiger partial charge in [-0.05, 0) is 73.2 Å². The first kappa shape index (κ1) is 50.1. The van der Waals surface area contributed by atoms with Gasteiger partial charge in [0.25, 0.3) is 11.8 Å². The summed E-state index contributed by atoms with van der Waals surface area (Å²) in [4.78, 5) is 44.7. The molecule has 0 spiro atoms. The standard InChI is InChI=1S/C60H78N4O2/c1-5-9-13-17-27-39-63(40-28-18-14-10-6-2)59(65)53-45-57(47-31-23-21-24-32-47)61-55-37-35-49(43-51(53)55)50-36-38-56-52(44-50)54(46-58(62-56)48-33-25-22-26-34-48)60(66)64(41-29-19-15-11-7-3)42-30-20-16-12-8-4/h21-26,31-38,43-46H,5-20,27-30,39-42H2,1-4H3. The number of nitrogens with zero attached hydrogens (tertiary/aromatic N) is 4. The number of aromatic nitrogens is 2. The molecule has 0 saturated carbocycles. The highest BCUT2D eigenvalue weighted by molar-refractivity contribution is 6.10. The molecule has 0 atom stereocenters. The molecule has 6 nitrogen and oxygen atoms in total. The van der Waals surface area contributed by atoms with Crippen molar-refractivity contribution in [3.63, 3.8) is 0 Å². The first-order chi connectivity index (χ1) is 32.4. The lowest BCUT2D eigenvalue weighted by molar-refractivity contribution is 0.0743. The Hall–Kier alpha value is -5.36. The van der Waals surface area contributed by atoms with E-state index >= 15 is 9.59 Å². The van der Waals surface area contributed by atoms with Gasteiger partial charge in [-0.3, -0.25) is 9.59 Å². The van der Waals surface area contributed by atoms with Gasteiger partial charge in [0.05, 0.1) is 33.5 Å². The molecule has 4 aromatic carbocycles. The Balaban J connectivity index is 1.42. The highest BCUT2D eigenvalue weighted by atomic mass is 16.2. The van der Waals surface area contributed by atoms with E-state index in [1.807, 2.05) is 48.5 Å². The minimum Gasteiger partial charge on any atom is -0.339 e. The van der Waals surface area contributed by atoms with Crippen molar-refractivity contribution in [3.8, 4) is 33.6 Å². The smallest absolute Gasteiger partial charge is 0.254 e. The van der Waals surface area contributed by atoms with Crippen LogP contribution in [0.25, 0.3) is 55.4 Å². The zero-order valence-electron chi connectivity index (χ0n) is 41.0. The number of unbranched alkanes of at least 4 members (excludes halogenated alkanes) is 16. The number of fused-ring (bicyclic) bond motifs is 2. The van der Waals surface area contributed by atoms with Crippen molar-refractivity contribution >= 4 is 33.6 Å². The summed E-state index contributed by atoms with van der Waals surface area (Å²) in [5.41, 5.74) is 8.55. The maximum absolute atomic E-state index is 15.0. The summed E-state index contributed by atoms with van der Waals surface area (Å²) in [6.45, 7) is 12.0. The third kappa shape index (κ3) is 14.3. The van der Waals surface area contributed by atoms with Crippen LogP contribution in [-0.4, -0.2) is 57.8 Å². The van der Waals surface area contributed by atoms with Crippen molar-refractivity contribution in [1.82, 2.24) is 19.8 Å². The fourth-order valence-corrected chi connectivity index (χ4v) is 9.27. The SMILES string of the molecule is CCCCCCCN(CCCCCCC)C(=O)c1cc(-c2ccccc2)nc2ccc(-c3ccc4nc(-c5ccccc5)cc(C(=O)N(CCCCCCC)CCCCCCC)c4c3)cc12. The van der Waals surface area contributed by atoms with Gasteiger partial charge in [-0.1, -0.05) is 203 Å². The van der Waals surface area contributed by atoms with E-state index in [1.54, 1.807) is 0 Å². The molecule has 0 fully saturated rings. The van der Waals surface area contributed by atoms with Crippen LogP contribution in [0.1, 0.15) is 177 Å². The molecule has 0 bridgehead atoms. The van der Waals surface area contributed by atoms with E-state index < -0.39 is 0 Å². The molecule has 0 unspecified atom stereocenters. The highest BCUT2D eigenvalue weighted by Gasteiger charge is 2.23. The predicted octanol–water partition coefficient (Wildman–Crippen LogP) is 16.5. The fourth-order valence-electron chi connectivity index (χ4n) is 9.27. The van der Waals surface area contributed by atoms with Crippen molar-refractivity contribution in [2.24, 2.45) is 0 Å². The maximum atomic E-state index is 15.0. The van der Waals surface area contributed by atoms with Gasteiger partial charge in [-0.25, -0.2) is 9.97 Å². The van der Waals surface area contributed by atoms with Crippen LogP contribution in [0.5, 0.6) is 0 Å². The van der Waals surface area contributed by atoms with Crippen molar-refractivity contribution in [2.75, 3.05) is 26.2 Å². The lowest BCUT2D eigenvalue weighted by atomic mass is 9.95. The van der Waals surface area contributed by atoms with Gasteiger partial charge in [0.1, 0.15) is 0 Å². The van der Waals surface area contributed by atoms with Crippen molar-refractivity contribution < 1.29 is 9.59 Å². The first-order valence-electron chi connectivity index (χ1n) is 26.0. The topological polar surface area (TPSA) is 66.4 Å². The summed E-state index contributed by atoms with van der Waals surface area (Å²) in [7, 11) is 0. The second-order valence-electron chi connectivity index (χ2n) is 18.5. The Morgan fingerprint density at radius 1 is 0.364 bits per heavy atom. The van der Waals surface area contributed by atoms with E-state index in [4.69, 9.17) is 9.97 Å². The molecule has 350 valence electrons. The first-order valence-corrected chi connectivity index (χ1v) is 26.0. The van der Waals surface area contributed by atoms with E-state index in [1.165, 1.54) is 77.0 Å². The molecular weight excluding hydrogens is 809 g/mol. The van der Waals surface area contributed by atoms with Crippen LogP contribution in [0, 0.1) is 0 Å². The highest BCUT2D eigenvalue weighted by Crippen LogP contribution is 2.34. The van der Waals surface area contributed by atoms with E-state index in [2.05, 4.69) is 98.2 Å². The van der Waals surface area contributed by atoms with Crippen LogP contribution in [0.3, 0.4) is 0 Å². The molecule has 2 amide bonds. The number of pyridine rings is 2. The van der Waals surface area contributed by atoms with Gasteiger partial charge in [-0.15, -0.1) is 0 Å². The maximum Gasteiger partial charge on any atom is 0.254 e. The number of benzene rings is 4. The number of hydrogen-bond donors (Lipinski definition) is 0. The molecule has 6 heteroatoms. The summed E-state index contributed by atoms with van der Waals surface area (Å²) in [5.74, 6) is 0.160. The Labute approximate surface area is 397 Å². The van der Waals surface area contributed by atoms with E-state index in [0.717, 1.165) is 133 Å². The summed E-state index contributed by atoms with van der Waals surface area (Å²) in [6.07, 6.45) is 23.1. The van der Waals surface area contributed by atoms with Crippen molar-refractivity contribution in [1.29, 1.82) is 0 Å². The molecule has 66 heavy (non-hydrogen) atoms. The van der Waals surface area contributed by atoms with E-state index in [9.17, 15) is 0 Å². The summed E-state index contributed by atoms with van der Waals surface area (Å²) in [5, 5.41) is 1.70. The van der Waals surface area contributed by atoms with Gasteiger partial charge in [-0.2, -0.15) is 0 Å². The van der Waals surface area contributed by atoms with Gasteiger partial charge in [0.2, 0.25) is 0 Å². The third-order valence-electron chi connectivity index (χ3n) is 13.3. The molecular formula is C60H78N4O2. The Morgan fingerprint density at radius 3 is 1.00 bits per heavy atom. The minimum absolute atomic E-state index is 0.0798. The molecule has 2 heterocycles. The molecule has 0 N–H and O–H groups in total. The molecule has 0 aliphatic carbocycles. The van der Waals surface area contributed by atoms with Gasteiger partial charge < -0.3 is 9.80 Å². The van der Waals surface area contributed by atoms with Gasteiger partial charge in [0.15, 0.2) is 0 Å². The zero-order chi connectivity index (χ0) is 46.4. The third-order valence-corrected chi connectivity index (χ3v) is 13.3. The number of carbonyl (C=O) groups is 2. The number of amides is 2. The van der Waals surface area contributed by atoms with Gasteiger partial charge >= 0.3 is 0 Å². The van der Waals surface area contributed by atoms with Crippen molar-refractivity contribution in [3.05, 3.63) is 120 Å². The molecule has 0 aliphatic heterocycles. The Bertz CT molecular complexity index is 2200. The van der Waals surface area contributed by atoms with Crippen LogP contribution in [-0.2, 0) is 0 Å². The molecule has 6 rings (SSSR count). The second kappa shape index (κ2) is 27.3. The Kier molecular flexibility index (Phi) is 20.7. The number of rotatable bonds is 29. The molecule has 0 aliphatic rings. The second-order valence-corrected chi connectivity index (χ2v) is 18.5. The minimum atomic E-state index is 0.0798. The van der Waals surface area contributed by atoms with Crippen molar-refractivity contribution in [2.45, 2.75) is 156 Å². The largest absolute Gasteiger partial charge is 0.339 e. The van der Waals surface area contributed by atoms with E-state index in [-0.39, 0.29) is 11.8 Å². The zero-order valence-corrected chi connectivity index (χ0v) is 41.0. The molecule has 6 aromatic rings.